The highest BCUT2D eigenvalue weighted by molar-refractivity contribution is 6.17. The number of hydrogen-bond donors (Lipinski definition) is 2. The number of carbonyl (C=O) groups excluding carboxylic acids is 3. The number of nitrogens with zero attached hydrogens (tertiary/aromatic N) is 2. The lowest BCUT2D eigenvalue weighted by Gasteiger charge is -2.31. The van der Waals surface area contributed by atoms with Gasteiger partial charge in [-0.3, -0.25) is 14.5 Å². The number of hydrogen-bond acceptors (Lipinski definition) is 7. The number of anilines is 2. The van der Waals surface area contributed by atoms with Crippen LogP contribution in [0.5, 0.6) is 0 Å². The largest absolute Gasteiger partial charge is 0.465 e. The van der Waals surface area contributed by atoms with Crippen molar-refractivity contribution in [3.05, 3.63) is 35.5 Å². The van der Waals surface area contributed by atoms with Crippen molar-refractivity contribution in [2.45, 2.75) is 19.3 Å². The fraction of sp³-hybridized carbons (Fsp3) is 0.421. The summed E-state index contributed by atoms with van der Waals surface area (Å²) in [6.45, 7) is 1.42. The highest BCUT2D eigenvalue weighted by Gasteiger charge is 2.31. The normalized spacial score (nSPS) is 17.2. The summed E-state index contributed by atoms with van der Waals surface area (Å²) in [5.41, 5.74) is 1.90. The van der Waals surface area contributed by atoms with E-state index in [9.17, 15) is 14.4 Å². The molecule has 1 saturated heterocycles. The van der Waals surface area contributed by atoms with Crippen LogP contribution in [0, 0.1) is 0 Å². The quantitative estimate of drug-likeness (QED) is 0.569. The maximum atomic E-state index is 12.4. The Kier molecular flexibility index (Phi) is 5.75. The molecule has 0 radical (unpaired) electrons. The van der Waals surface area contributed by atoms with Gasteiger partial charge in [-0.2, -0.15) is 0 Å². The molecular weight excluding hydrogens is 350 g/mol. The second-order valence-corrected chi connectivity index (χ2v) is 6.47. The van der Waals surface area contributed by atoms with Crippen molar-refractivity contribution in [2.75, 3.05) is 43.6 Å². The molecule has 1 aromatic carbocycles. The Labute approximate surface area is 157 Å². The SMILES string of the molecule is COC(=O)c1ccc(N2CCCCC2)c(NC2=CC(=O)N(CCO)C2=O)c1. The molecule has 2 N–H and O–H groups in total. The number of methoxy groups -OCH3 is 1. The zero-order valence-electron chi connectivity index (χ0n) is 15.2. The highest BCUT2D eigenvalue weighted by atomic mass is 16.5. The summed E-state index contributed by atoms with van der Waals surface area (Å²) in [6.07, 6.45) is 4.53. The second-order valence-electron chi connectivity index (χ2n) is 6.47. The van der Waals surface area contributed by atoms with Crippen LogP contribution < -0.4 is 10.2 Å². The van der Waals surface area contributed by atoms with E-state index in [1.165, 1.54) is 19.6 Å². The first kappa shape index (κ1) is 18.9. The van der Waals surface area contributed by atoms with E-state index in [1.807, 2.05) is 6.07 Å². The molecule has 0 bridgehead atoms. The molecule has 27 heavy (non-hydrogen) atoms. The molecule has 2 aliphatic heterocycles. The Bertz CT molecular complexity index is 784. The van der Waals surface area contributed by atoms with Crippen LogP contribution in [0.2, 0.25) is 0 Å². The topological polar surface area (TPSA) is 99.2 Å². The average Bonchev–Trinajstić information content (AvgIpc) is 2.95. The zero-order valence-corrected chi connectivity index (χ0v) is 15.2. The Morgan fingerprint density at radius 3 is 2.63 bits per heavy atom. The van der Waals surface area contributed by atoms with Crippen LogP contribution in [0.4, 0.5) is 11.4 Å². The van der Waals surface area contributed by atoms with Gasteiger partial charge in [-0.1, -0.05) is 0 Å². The lowest BCUT2D eigenvalue weighted by atomic mass is 10.1. The number of aliphatic hydroxyl groups is 1. The second kappa shape index (κ2) is 8.22. The van der Waals surface area contributed by atoms with Gasteiger partial charge >= 0.3 is 5.97 Å². The smallest absolute Gasteiger partial charge is 0.337 e. The Morgan fingerprint density at radius 2 is 1.96 bits per heavy atom. The van der Waals surface area contributed by atoms with Gasteiger partial charge in [0.2, 0.25) is 0 Å². The molecule has 2 amide bonds. The van der Waals surface area contributed by atoms with Crippen molar-refractivity contribution in [3.8, 4) is 0 Å². The molecule has 1 aromatic rings. The van der Waals surface area contributed by atoms with Crippen LogP contribution in [0.25, 0.3) is 0 Å². The Morgan fingerprint density at radius 1 is 1.22 bits per heavy atom. The number of esters is 1. The van der Waals surface area contributed by atoms with Gasteiger partial charge in [-0.25, -0.2) is 4.79 Å². The molecule has 144 valence electrons. The van der Waals surface area contributed by atoms with Crippen LogP contribution in [0.3, 0.4) is 0 Å². The minimum atomic E-state index is -0.498. The van der Waals surface area contributed by atoms with Crippen LogP contribution in [-0.4, -0.2) is 61.1 Å². The molecular formula is C19H23N3O5. The Hall–Kier alpha value is -2.87. The molecule has 0 aliphatic carbocycles. The third-order valence-electron chi connectivity index (χ3n) is 4.72. The van der Waals surface area contributed by atoms with E-state index in [0.717, 1.165) is 36.5 Å². The summed E-state index contributed by atoms with van der Waals surface area (Å²) in [5, 5.41) is 12.0. The summed E-state index contributed by atoms with van der Waals surface area (Å²) < 4.78 is 4.78. The van der Waals surface area contributed by atoms with Crippen LogP contribution in [0.15, 0.2) is 30.0 Å². The van der Waals surface area contributed by atoms with E-state index in [-0.39, 0.29) is 18.8 Å². The van der Waals surface area contributed by atoms with Crippen molar-refractivity contribution in [1.29, 1.82) is 0 Å². The van der Waals surface area contributed by atoms with Gasteiger partial charge < -0.3 is 20.1 Å². The van der Waals surface area contributed by atoms with E-state index in [0.29, 0.717) is 11.3 Å². The monoisotopic (exact) mass is 373 g/mol. The minimum Gasteiger partial charge on any atom is -0.465 e. The number of piperidine rings is 1. The summed E-state index contributed by atoms with van der Waals surface area (Å²) in [7, 11) is 1.31. The Balaban J connectivity index is 1.92. The maximum absolute atomic E-state index is 12.4. The van der Waals surface area contributed by atoms with Crippen molar-refractivity contribution in [2.24, 2.45) is 0 Å². The summed E-state index contributed by atoms with van der Waals surface area (Å²) in [5.74, 6) is -1.45. The number of aliphatic hydroxyl groups excluding tert-OH is 1. The van der Waals surface area contributed by atoms with Crippen LogP contribution in [-0.2, 0) is 14.3 Å². The first-order chi connectivity index (χ1) is 13.0. The van der Waals surface area contributed by atoms with E-state index in [4.69, 9.17) is 9.84 Å². The molecule has 0 aromatic heterocycles. The molecule has 8 heteroatoms. The van der Waals surface area contributed by atoms with Gasteiger partial charge in [0.15, 0.2) is 0 Å². The summed E-state index contributed by atoms with van der Waals surface area (Å²) >= 11 is 0. The first-order valence-electron chi connectivity index (χ1n) is 8.98. The molecule has 3 rings (SSSR count). The predicted molar refractivity (Wildman–Crippen MR) is 99.4 cm³/mol. The molecule has 1 fully saturated rings. The van der Waals surface area contributed by atoms with Crippen LogP contribution in [0.1, 0.15) is 29.6 Å². The van der Waals surface area contributed by atoms with Gasteiger partial charge in [0.25, 0.3) is 11.8 Å². The third-order valence-corrected chi connectivity index (χ3v) is 4.72. The first-order valence-corrected chi connectivity index (χ1v) is 8.98. The van der Waals surface area contributed by atoms with Gasteiger partial charge in [-0.15, -0.1) is 0 Å². The fourth-order valence-corrected chi connectivity index (χ4v) is 3.35. The molecule has 0 unspecified atom stereocenters. The number of β-amino-alcohol motifs (C(OH)–C–C–N with tert-alkyl or cyclic N) is 1. The number of rotatable bonds is 6. The lowest BCUT2D eigenvalue weighted by Crippen LogP contribution is -2.34. The lowest BCUT2D eigenvalue weighted by molar-refractivity contribution is -0.137. The van der Waals surface area contributed by atoms with Gasteiger partial charge in [-0.05, 0) is 37.5 Å². The number of amides is 2. The number of carbonyl (C=O) groups is 3. The molecule has 2 heterocycles. The standard InChI is InChI=1S/C19H23N3O5/c1-27-19(26)13-5-6-16(21-7-3-2-4-8-21)14(11-13)20-15-12-17(24)22(9-10-23)18(15)25/h5-6,11-12,20,23H,2-4,7-10H2,1H3. The average molecular weight is 373 g/mol. The molecule has 0 saturated carbocycles. The molecule has 0 atom stereocenters. The molecule has 8 nitrogen and oxygen atoms in total. The van der Waals surface area contributed by atoms with E-state index >= 15 is 0 Å². The van der Waals surface area contributed by atoms with Crippen molar-refractivity contribution < 1.29 is 24.2 Å². The summed E-state index contributed by atoms with van der Waals surface area (Å²) in [6, 6.07) is 5.14. The van der Waals surface area contributed by atoms with E-state index in [1.54, 1.807) is 12.1 Å². The number of nitrogens with one attached hydrogen (secondary N) is 1. The molecule has 2 aliphatic rings. The maximum Gasteiger partial charge on any atom is 0.337 e. The number of benzene rings is 1. The highest BCUT2D eigenvalue weighted by Crippen LogP contribution is 2.32. The predicted octanol–water partition coefficient (Wildman–Crippen LogP) is 1.12. The fourth-order valence-electron chi connectivity index (χ4n) is 3.35. The van der Waals surface area contributed by atoms with Crippen molar-refractivity contribution >= 4 is 29.2 Å². The number of imide groups is 1. The van der Waals surface area contributed by atoms with Gasteiger partial charge in [0.1, 0.15) is 5.70 Å². The summed E-state index contributed by atoms with van der Waals surface area (Å²) in [4.78, 5) is 39.5. The number of ether oxygens (including phenoxy) is 1. The van der Waals surface area contributed by atoms with Crippen molar-refractivity contribution in [1.82, 2.24) is 4.90 Å². The van der Waals surface area contributed by atoms with Crippen LogP contribution >= 0.6 is 0 Å². The van der Waals surface area contributed by atoms with Gasteiger partial charge in [0, 0.05) is 19.2 Å². The van der Waals surface area contributed by atoms with E-state index in [2.05, 4.69) is 10.2 Å². The van der Waals surface area contributed by atoms with E-state index < -0.39 is 17.8 Å². The van der Waals surface area contributed by atoms with Gasteiger partial charge in [0.05, 0.1) is 37.2 Å². The third kappa shape index (κ3) is 3.95. The molecule has 0 spiro atoms. The van der Waals surface area contributed by atoms with Crippen molar-refractivity contribution in [3.63, 3.8) is 0 Å². The zero-order chi connectivity index (χ0) is 19.4. The minimum absolute atomic E-state index is 0.0550.